The summed E-state index contributed by atoms with van der Waals surface area (Å²) in [5.41, 5.74) is 1.52. The molecule has 1 N–H and O–H groups in total. The molecule has 0 spiro atoms. The van der Waals surface area contributed by atoms with Crippen LogP contribution in [0.3, 0.4) is 0 Å². The fraction of sp³-hybridized carbons (Fsp3) is 0.667. The largest absolute Gasteiger partial charge is 0.390 e. The van der Waals surface area contributed by atoms with Crippen LogP contribution in [0.1, 0.15) is 52.0 Å². The lowest BCUT2D eigenvalue weighted by Crippen LogP contribution is -2.40. The Balaban J connectivity index is 1.92. The van der Waals surface area contributed by atoms with Crippen LogP contribution in [0.5, 0.6) is 0 Å². The summed E-state index contributed by atoms with van der Waals surface area (Å²) in [6.45, 7) is 7.53. The number of benzene rings is 1. The van der Waals surface area contributed by atoms with Crippen LogP contribution in [0.15, 0.2) is 30.3 Å². The van der Waals surface area contributed by atoms with Crippen molar-refractivity contribution in [1.29, 1.82) is 0 Å². The van der Waals surface area contributed by atoms with Crippen LogP contribution in [0.2, 0.25) is 0 Å². The van der Waals surface area contributed by atoms with Crippen molar-refractivity contribution < 1.29 is 9.84 Å². The van der Waals surface area contributed by atoms with E-state index in [4.69, 9.17) is 4.74 Å². The van der Waals surface area contributed by atoms with E-state index in [9.17, 15) is 5.11 Å². The number of aliphatic hydroxyl groups excluding tert-OH is 1. The van der Waals surface area contributed by atoms with Gasteiger partial charge in [0.05, 0.1) is 18.8 Å². The van der Waals surface area contributed by atoms with Crippen LogP contribution in [-0.2, 0) is 11.3 Å². The van der Waals surface area contributed by atoms with E-state index in [0.717, 1.165) is 19.3 Å². The predicted octanol–water partition coefficient (Wildman–Crippen LogP) is 4.17. The molecule has 1 fully saturated rings. The van der Waals surface area contributed by atoms with Crippen LogP contribution < -0.4 is 0 Å². The van der Waals surface area contributed by atoms with E-state index in [1.54, 1.807) is 0 Å². The molecule has 0 aliphatic heterocycles. The van der Waals surface area contributed by atoms with Gasteiger partial charge in [-0.05, 0) is 36.2 Å². The van der Waals surface area contributed by atoms with Crippen LogP contribution in [0, 0.1) is 11.3 Å². The van der Waals surface area contributed by atoms with Gasteiger partial charge < -0.3 is 9.84 Å². The fourth-order valence-electron chi connectivity index (χ4n) is 3.07. The molecule has 1 aliphatic rings. The SMILES string of the molecule is CCC(C)(C)C1CCC(O)C(OCc2ccccc2)C1. The molecular formula is C18H28O2. The lowest BCUT2D eigenvalue weighted by molar-refractivity contribution is -0.0922. The maximum Gasteiger partial charge on any atom is 0.0841 e. The molecule has 2 nitrogen and oxygen atoms in total. The molecule has 0 radical (unpaired) electrons. The molecule has 2 rings (SSSR count). The van der Waals surface area contributed by atoms with Crippen molar-refractivity contribution in [1.82, 2.24) is 0 Å². The zero-order chi connectivity index (χ0) is 14.6. The van der Waals surface area contributed by atoms with Gasteiger partial charge in [0.25, 0.3) is 0 Å². The van der Waals surface area contributed by atoms with Crippen LogP contribution >= 0.6 is 0 Å². The van der Waals surface area contributed by atoms with E-state index in [1.165, 1.54) is 12.0 Å². The molecule has 3 atom stereocenters. The van der Waals surface area contributed by atoms with Gasteiger partial charge in [-0.15, -0.1) is 0 Å². The van der Waals surface area contributed by atoms with Crippen molar-refractivity contribution in [3.05, 3.63) is 35.9 Å². The highest BCUT2D eigenvalue weighted by Gasteiger charge is 2.36. The number of aliphatic hydroxyl groups is 1. The summed E-state index contributed by atoms with van der Waals surface area (Å²) in [5, 5.41) is 10.2. The van der Waals surface area contributed by atoms with Gasteiger partial charge in [-0.25, -0.2) is 0 Å². The standard InChI is InChI=1S/C18H28O2/c1-4-18(2,3)15-10-11-16(19)17(12-15)20-13-14-8-6-5-7-9-14/h5-9,15-17,19H,4,10-13H2,1-3H3. The fourth-order valence-corrected chi connectivity index (χ4v) is 3.07. The summed E-state index contributed by atoms with van der Waals surface area (Å²) in [4.78, 5) is 0. The molecule has 20 heavy (non-hydrogen) atoms. The Kier molecular flexibility index (Phi) is 5.22. The van der Waals surface area contributed by atoms with Crippen LogP contribution in [-0.4, -0.2) is 17.3 Å². The first-order valence-electron chi connectivity index (χ1n) is 7.86. The van der Waals surface area contributed by atoms with Crippen molar-refractivity contribution in [3.8, 4) is 0 Å². The molecule has 3 unspecified atom stereocenters. The van der Waals surface area contributed by atoms with Gasteiger partial charge in [-0.1, -0.05) is 57.5 Å². The first-order chi connectivity index (χ1) is 9.53. The quantitative estimate of drug-likeness (QED) is 0.874. The van der Waals surface area contributed by atoms with E-state index in [2.05, 4.69) is 32.9 Å². The molecule has 0 aromatic heterocycles. The predicted molar refractivity (Wildman–Crippen MR) is 82.4 cm³/mol. The van der Waals surface area contributed by atoms with E-state index >= 15 is 0 Å². The summed E-state index contributed by atoms with van der Waals surface area (Å²) in [6, 6.07) is 10.2. The van der Waals surface area contributed by atoms with Gasteiger partial charge in [0.15, 0.2) is 0 Å². The molecule has 0 bridgehead atoms. The molecule has 1 aromatic carbocycles. The number of rotatable bonds is 5. The smallest absolute Gasteiger partial charge is 0.0841 e. The molecule has 0 heterocycles. The van der Waals surface area contributed by atoms with Gasteiger partial charge in [0.2, 0.25) is 0 Å². The Morgan fingerprint density at radius 1 is 1.20 bits per heavy atom. The molecule has 0 amide bonds. The van der Waals surface area contributed by atoms with E-state index in [1.807, 2.05) is 18.2 Å². The zero-order valence-electron chi connectivity index (χ0n) is 13.0. The minimum absolute atomic E-state index is 0.0141. The lowest BCUT2D eigenvalue weighted by atomic mass is 9.68. The monoisotopic (exact) mass is 276 g/mol. The molecule has 0 saturated heterocycles. The molecule has 1 aliphatic carbocycles. The van der Waals surface area contributed by atoms with E-state index in [0.29, 0.717) is 17.9 Å². The second-order valence-electron chi connectivity index (χ2n) is 6.75. The highest BCUT2D eigenvalue weighted by molar-refractivity contribution is 5.13. The normalized spacial score (nSPS) is 27.5. The Hall–Kier alpha value is -0.860. The minimum atomic E-state index is -0.303. The third-order valence-corrected chi connectivity index (χ3v) is 5.08. The van der Waals surface area contributed by atoms with Gasteiger partial charge in [0.1, 0.15) is 0 Å². The van der Waals surface area contributed by atoms with Crippen molar-refractivity contribution in [2.45, 2.75) is 65.3 Å². The zero-order valence-corrected chi connectivity index (χ0v) is 13.0. The average molecular weight is 276 g/mol. The second kappa shape index (κ2) is 6.73. The maximum atomic E-state index is 10.2. The summed E-state index contributed by atoms with van der Waals surface area (Å²) in [7, 11) is 0. The molecule has 1 saturated carbocycles. The maximum absolute atomic E-state index is 10.2. The molecular weight excluding hydrogens is 248 g/mol. The Morgan fingerprint density at radius 2 is 1.90 bits per heavy atom. The van der Waals surface area contributed by atoms with Gasteiger partial charge in [-0.3, -0.25) is 0 Å². The first kappa shape index (κ1) is 15.5. The molecule has 112 valence electrons. The third kappa shape index (κ3) is 3.83. The molecule has 2 heteroatoms. The summed E-state index contributed by atoms with van der Waals surface area (Å²) in [6.07, 6.45) is 3.83. The second-order valence-corrected chi connectivity index (χ2v) is 6.75. The van der Waals surface area contributed by atoms with Crippen LogP contribution in [0.25, 0.3) is 0 Å². The molecule has 1 aromatic rings. The van der Waals surface area contributed by atoms with E-state index < -0.39 is 0 Å². The van der Waals surface area contributed by atoms with Gasteiger partial charge >= 0.3 is 0 Å². The Bertz CT molecular complexity index is 399. The van der Waals surface area contributed by atoms with Crippen molar-refractivity contribution >= 4 is 0 Å². The number of hydrogen-bond acceptors (Lipinski definition) is 2. The highest BCUT2D eigenvalue weighted by atomic mass is 16.5. The summed E-state index contributed by atoms with van der Waals surface area (Å²) < 4.78 is 6.00. The van der Waals surface area contributed by atoms with Gasteiger partial charge in [-0.2, -0.15) is 0 Å². The first-order valence-corrected chi connectivity index (χ1v) is 7.86. The Morgan fingerprint density at radius 3 is 2.55 bits per heavy atom. The summed E-state index contributed by atoms with van der Waals surface area (Å²) >= 11 is 0. The van der Waals surface area contributed by atoms with E-state index in [-0.39, 0.29) is 12.2 Å². The lowest BCUT2D eigenvalue weighted by Gasteiger charge is -2.41. The minimum Gasteiger partial charge on any atom is -0.390 e. The highest BCUT2D eigenvalue weighted by Crippen LogP contribution is 2.41. The van der Waals surface area contributed by atoms with Crippen molar-refractivity contribution in [2.75, 3.05) is 0 Å². The number of hydrogen-bond donors (Lipinski definition) is 1. The van der Waals surface area contributed by atoms with Crippen molar-refractivity contribution in [2.24, 2.45) is 11.3 Å². The Labute approximate surface area is 123 Å². The third-order valence-electron chi connectivity index (χ3n) is 5.08. The average Bonchev–Trinajstić information content (AvgIpc) is 2.47. The number of ether oxygens (including phenoxy) is 1. The van der Waals surface area contributed by atoms with Gasteiger partial charge in [0, 0.05) is 0 Å². The van der Waals surface area contributed by atoms with Crippen LogP contribution in [0.4, 0.5) is 0 Å². The van der Waals surface area contributed by atoms with Crippen molar-refractivity contribution in [3.63, 3.8) is 0 Å². The topological polar surface area (TPSA) is 29.5 Å². The summed E-state index contributed by atoms with van der Waals surface area (Å²) in [5.74, 6) is 0.650.